The van der Waals surface area contributed by atoms with Gasteiger partial charge in [0.2, 0.25) is 0 Å². The molecule has 0 radical (unpaired) electrons. The van der Waals surface area contributed by atoms with Crippen LogP contribution in [0.3, 0.4) is 0 Å². The van der Waals surface area contributed by atoms with E-state index in [1.54, 1.807) is 22.7 Å². The lowest BCUT2D eigenvalue weighted by atomic mass is 9.83. The van der Waals surface area contributed by atoms with Gasteiger partial charge in [-0.05, 0) is 91.0 Å². The van der Waals surface area contributed by atoms with Gasteiger partial charge in [-0.25, -0.2) is 0 Å². The van der Waals surface area contributed by atoms with E-state index in [1.807, 2.05) is 34.0 Å². The number of carbonyl (C=O) groups excluding carboxylic acids is 2. The lowest BCUT2D eigenvalue weighted by Gasteiger charge is -2.25. The molecule has 9 heteroatoms. The molecule has 1 aliphatic rings. The fourth-order valence-corrected chi connectivity index (χ4v) is 14.3. The minimum absolute atomic E-state index is 0.124. The van der Waals surface area contributed by atoms with Crippen LogP contribution in [-0.2, 0) is 15.6 Å². The average molecular weight is 904 g/mol. The van der Waals surface area contributed by atoms with E-state index in [4.69, 9.17) is 4.74 Å². The van der Waals surface area contributed by atoms with Gasteiger partial charge in [0.1, 0.15) is 0 Å². The van der Waals surface area contributed by atoms with Gasteiger partial charge in [-0.1, -0.05) is 126 Å². The maximum absolute atomic E-state index is 14.3. The molecule has 0 saturated carbocycles. The summed E-state index contributed by atoms with van der Waals surface area (Å²) in [6.07, 6.45) is 17.8. The minimum atomic E-state index is -0.207. The normalized spacial score (nSPS) is 13.9. The first-order valence-corrected chi connectivity index (χ1v) is 27.0. The molecule has 6 rings (SSSR count). The molecule has 0 aliphatic carbocycles. The number of hydrogen-bond acceptors (Lipinski definition) is 8. The van der Waals surface area contributed by atoms with Crippen LogP contribution in [0, 0.1) is 5.92 Å². The fraction of sp³-hybridized carbons (Fsp3) is 0.569. The Bertz CT molecular complexity index is 2140. The third-order valence-corrected chi connectivity index (χ3v) is 19.2. The molecule has 1 aliphatic heterocycles. The first-order chi connectivity index (χ1) is 28.9. The van der Waals surface area contributed by atoms with Crippen molar-refractivity contribution in [1.29, 1.82) is 0 Å². The Hall–Kier alpha value is -2.40. The third-order valence-electron chi connectivity index (χ3n) is 12.2. The largest absolute Gasteiger partial charge is 0.381 e. The molecule has 0 saturated heterocycles. The number of nitrogens with zero attached hydrogens (tertiary/aromatic N) is 1. The smallest absolute Gasteiger partial charge is 0.263 e. The van der Waals surface area contributed by atoms with Crippen molar-refractivity contribution in [3.63, 3.8) is 0 Å². The standard InChI is InChI=1S/C51H69NO3S5/c1-9-12-15-16-17-18-21-35(4)34-55-33-20-32-52-48(53)44-45(49(52)54)47(51(7,8)31-19-13-10-2)60-46(44)42-27-26-39(58-42)38-23-22-36(56-38)37-24-25-40(57-37)41-28-29-43(59-41)50(5,6)30-14-11-3/h22-29,35H,9-21,30-34H2,1-8H3. The molecule has 4 nitrogen and oxygen atoms in total. The predicted molar refractivity (Wildman–Crippen MR) is 265 cm³/mol. The van der Waals surface area contributed by atoms with Crippen LogP contribution in [0.5, 0.6) is 0 Å². The summed E-state index contributed by atoms with van der Waals surface area (Å²) in [6.45, 7) is 20.0. The summed E-state index contributed by atoms with van der Waals surface area (Å²) in [5, 5.41) is 0. The van der Waals surface area contributed by atoms with Crippen LogP contribution in [0.1, 0.15) is 182 Å². The number of amides is 2. The molecule has 2 amide bonds. The van der Waals surface area contributed by atoms with Gasteiger partial charge in [-0.2, -0.15) is 0 Å². The second kappa shape index (κ2) is 21.8. The number of carbonyl (C=O) groups is 2. The van der Waals surface area contributed by atoms with Crippen LogP contribution in [0.15, 0.2) is 48.5 Å². The van der Waals surface area contributed by atoms with Gasteiger partial charge in [0.15, 0.2) is 0 Å². The highest BCUT2D eigenvalue weighted by Gasteiger charge is 2.44. The van der Waals surface area contributed by atoms with Gasteiger partial charge in [-0.3, -0.25) is 14.5 Å². The number of hydrogen-bond donors (Lipinski definition) is 0. The van der Waals surface area contributed by atoms with E-state index in [0.717, 1.165) is 46.9 Å². The number of rotatable bonds is 26. The highest BCUT2D eigenvalue weighted by molar-refractivity contribution is 7.29. The summed E-state index contributed by atoms with van der Waals surface area (Å²) in [5.41, 5.74) is 1.27. The van der Waals surface area contributed by atoms with E-state index in [1.165, 1.54) is 103 Å². The zero-order valence-electron chi connectivity index (χ0n) is 37.6. The molecule has 0 bridgehead atoms. The quantitative estimate of drug-likeness (QED) is 0.0410. The molecule has 0 aromatic carbocycles. The maximum Gasteiger partial charge on any atom is 0.263 e. The number of unbranched alkanes of at least 4 members (excludes halogenated alkanes) is 8. The first-order valence-electron chi connectivity index (χ1n) is 22.9. The first kappa shape index (κ1) is 47.1. The topological polar surface area (TPSA) is 46.6 Å². The van der Waals surface area contributed by atoms with Gasteiger partial charge < -0.3 is 4.74 Å². The SMILES string of the molecule is CCCCCCCCC(C)COCCCN1C(=O)c2c(-c3ccc(-c4ccc(-c5ccc(-c6ccc(C(C)(C)CCCC)s6)s5)s4)s3)sc(C(C)(C)CCCCC)c2C1=O. The van der Waals surface area contributed by atoms with E-state index in [-0.39, 0.29) is 22.6 Å². The maximum atomic E-state index is 14.3. The molecule has 0 spiro atoms. The van der Waals surface area contributed by atoms with Crippen LogP contribution in [0.25, 0.3) is 39.0 Å². The number of ether oxygens (including phenoxy) is 1. The Morgan fingerprint density at radius 3 is 1.68 bits per heavy atom. The minimum Gasteiger partial charge on any atom is -0.381 e. The van der Waals surface area contributed by atoms with Crippen LogP contribution < -0.4 is 0 Å². The summed E-state index contributed by atoms with van der Waals surface area (Å²) in [6, 6.07) is 18.1. The second-order valence-corrected chi connectivity index (χ2v) is 23.7. The summed E-state index contributed by atoms with van der Waals surface area (Å²) >= 11 is 9.07. The number of imide groups is 1. The molecule has 6 heterocycles. The zero-order chi connectivity index (χ0) is 42.9. The Labute approximate surface area is 381 Å². The molecular formula is C51H69NO3S5. The Morgan fingerprint density at radius 1 is 0.550 bits per heavy atom. The summed E-state index contributed by atoms with van der Waals surface area (Å²) < 4.78 is 6.08. The summed E-state index contributed by atoms with van der Waals surface area (Å²) in [5.74, 6) is 0.259. The van der Waals surface area contributed by atoms with Crippen molar-refractivity contribution in [3.8, 4) is 39.0 Å². The molecule has 5 aromatic rings. The highest BCUT2D eigenvalue weighted by Crippen LogP contribution is 2.51. The van der Waals surface area contributed by atoms with Crippen molar-refractivity contribution >= 4 is 68.5 Å². The predicted octanol–water partition coefficient (Wildman–Crippen LogP) is 17.4. The molecule has 60 heavy (non-hydrogen) atoms. The van der Waals surface area contributed by atoms with E-state index in [9.17, 15) is 9.59 Å². The zero-order valence-corrected chi connectivity index (χ0v) is 41.7. The third kappa shape index (κ3) is 11.4. The van der Waals surface area contributed by atoms with E-state index < -0.39 is 0 Å². The highest BCUT2D eigenvalue weighted by atomic mass is 32.1. The monoisotopic (exact) mass is 903 g/mol. The Balaban J connectivity index is 1.15. The van der Waals surface area contributed by atoms with Crippen LogP contribution in [0.4, 0.5) is 0 Å². The van der Waals surface area contributed by atoms with Crippen molar-refractivity contribution in [2.45, 2.75) is 163 Å². The van der Waals surface area contributed by atoms with Gasteiger partial charge in [-0.15, -0.1) is 56.7 Å². The van der Waals surface area contributed by atoms with Gasteiger partial charge in [0.25, 0.3) is 11.8 Å². The Kier molecular flexibility index (Phi) is 17.1. The van der Waals surface area contributed by atoms with Crippen molar-refractivity contribution in [3.05, 3.63) is 69.4 Å². The average Bonchev–Trinajstić information content (AvgIpc) is 4.07. The van der Waals surface area contributed by atoms with Crippen LogP contribution >= 0.6 is 56.7 Å². The van der Waals surface area contributed by atoms with Gasteiger partial charge in [0, 0.05) is 63.7 Å². The van der Waals surface area contributed by atoms with Crippen LogP contribution in [0.2, 0.25) is 0 Å². The second-order valence-electron chi connectivity index (χ2n) is 18.3. The summed E-state index contributed by atoms with van der Waals surface area (Å²) in [4.78, 5) is 42.3. The number of thiophene rings is 5. The molecule has 1 unspecified atom stereocenters. The molecule has 0 fully saturated rings. The molecule has 1 atom stereocenters. The Morgan fingerprint density at radius 2 is 1.05 bits per heavy atom. The summed E-state index contributed by atoms with van der Waals surface area (Å²) in [7, 11) is 0. The number of fused-ring (bicyclic) bond motifs is 1. The van der Waals surface area contributed by atoms with Crippen LogP contribution in [-0.4, -0.2) is 36.5 Å². The van der Waals surface area contributed by atoms with Crippen molar-refractivity contribution in [1.82, 2.24) is 4.90 Å². The van der Waals surface area contributed by atoms with Crippen molar-refractivity contribution in [2.24, 2.45) is 5.92 Å². The molecule has 5 aromatic heterocycles. The molecular weight excluding hydrogens is 835 g/mol. The van der Waals surface area contributed by atoms with Crippen molar-refractivity contribution < 1.29 is 14.3 Å². The lowest BCUT2D eigenvalue weighted by Crippen LogP contribution is -2.32. The van der Waals surface area contributed by atoms with E-state index >= 15 is 0 Å². The fourth-order valence-electron chi connectivity index (χ4n) is 8.32. The van der Waals surface area contributed by atoms with E-state index in [0.29, 0.717) is 36.6 Å². The van der Waals surface area contributed by atoms with Crippen molar-refractivity contribution in [2.75, 3.05) is 19.8 Å². The molecule has 326 valence electrons. The molecule has 0 N–H and O–H groups in total. The lowest BCUT2D eigenvalue weighted by molar-refractivity contribution is 0.0607. The van der Waals surface area contributed by atoms with E-state index in [2.05, 4.69) is 104 Å². The van der Waals surface area contributed by atoms with Gasteiger partial charge >= 0.3 is 0 Å². The van der Waals surface area contributed by atoms with Gasteiger partial charge in [0.05, 0.1) is 16.0 Å².